The van der Waals surface area contributed by atoms with E-state index in [-0.39, 0.29) is 6.92 Å². The highest BCUT2D eigenvalue weighted by Gasteiger charge is 2.43. The van der Waals surface area contributed by atoms with E-state index in [0.29, 0.717) is 0 Å². The molecule has 0 radical (unpaired) electrons. The molecule has 0 saturated heterocycles. The van der Waals surface area contributed by atoms with Gasteiger partial charge in [0.15, 0.2) is 0 Å². The van der Waals surface area contributed by atoms with Gasteiger partial charge in [0.25, 0.3) is 0 Å². The van der Waals surface area contributed by atoms with Crippen molar-refractivity contribution in [2.45, 2.75) is 18.4 Å². The Morgan fingerprint density at radius 3 is 1.82 bits per heavy atom. The van der Waals surface area contributed by atoms with Crippen LogP contribution >= 0.6 is 11.6 Å². The van der Waals surface area contributed by atoms with Crippen molar-refractivity contribution in [3.05, 3.63) is 0 Å². The van der Waals surface area contributed by atoms with E-state index < -0.39 is 17.5 Å². The molecular weight excluding hydrogens is 191 g/mol. The number of esters is 1. The van der Waals surface area contributed by atoms with Gasteiger partial charge in [-0.05, 0) is 11.6 Å². The van der Waals surface area contributed by atoms with E-state index in [2.05, 4.69) is 16.3 Å². The van der Waals surface area contributed by atoms with Crippen LogP contribution in [0.15, 0.2) is 0 Å². The summed E-state index contributed by atoms with van der Waals surface area (Å²) in [6.07, 6.45) is -3.94. The van der Waals surface area contributed by atoms with Crippen molar-refractivity contribution in [3.63, 3.8) is 0 Å². The van der Waals surface area contributed by atoms with E-state index in [1.807, 2.05) is 0 Å². The smallest absolute Gasteiger partial charge is 0.395 e. The van der Waals surface area contributed by atoms with Gasteiger partial charge in [-0.25, -0.2) is 4.79 Å². The Morgan fingerprint density at radius 1 is 1.36 bits per heavy atom. The summed E-state index contributed by atoms with van der Waals surface area (Å²) in [6, 6.07) is 0. The summed E-state index contributed by atoms with van der Waals surface area (Å²) < 4.78 is 49.5. The van der Waals surface area contributed by atoms with Crippen molar-refractivity contribution in [3.8, 4) is 0 Å². The first kappa shape index (κ1) is 10.5. The molecule has 0 atom stereocenters. The van der Waals surface area contributed by atoms with E-state index in [1.165, 1.54) is 0 Å². The van der Waals surface area contributed by atoms with Crippen molar-refractivity contribution in [2.24, 2.45) is 0 Å². The number of hydrogen-bond donors (Lipinski definition) is 0. The Balaban J connectivity index is 4.11. The lowest BCUT2D eigenvalue weighted by Crippen LogP contribution is -2.31. The van der Waals surface area contributed by atoms with Gasteiger partial charge in [0.2, 0.25) is 0 Å². The second-order valence-electron chi connectivity index (χ2n) is 1.70. The number of carbonyl (C=O) groups excluding carboxylic acids is 1. The monoisotopic (exact) mass is 194 g/mol. The predicted octanol–water partition coefficient (Wildman–Crippen LogP) is 1.97. The second-order valence-corrected chi connectivity index (χ2v) is 2.17. The van der Waals surface area contributed by atoms with Crippen LogP contribution in [0.5, 0.6) is 0 Å². The molecular formula is C4H3ClF4O2. The maximum Gasteiger partial charge on any atom is 0.418 e. The van der Waals surface area contributed by atoms with Gasteiger partial charge in [0, 0.05) is 6.92 Å². The lowest BCUT2D eigenvalue weighted by molar-refractivity contribution is -0.234. The molecule has 0 aromatic rings. The Bertz CT molecular complexity index is 158. The van der Waals surface area contributed by atoms with Crippen LogP contribution in [-0.4, -0.2) is 17.5 Å². The highest BCUT2D eigenvalue weighted by atomic mass is 35.5. The fraction of sp³-hybridized carbons (Fsp3) is 0.750. The second kappa shape index (κ2) is 2.84. The van der Waals surface area contributed by atoms with Crippen molar-refractivity contribution >= 4 is 17.6 Å². The summed E-state index contributed by atoms with van der Waals surface area (Å²) in [6.45, 7) is 0.146. The molecule has 0 aromatic carbocycles. The number of alkyl halides is 5. The molecule has 0 fully saturated rings. The fourth-order valence-electron chi connectivity index (χ4n) is 0.221. The predicted molar refractivity (Wildman–Crippen MR) is 27.5 cm³/mol. The molecule has 0 unspecified atom stereocenters. The zero-order chi connectivity index (χ0) is 9.28. The van der Waals surface area contributed by atoms with Crippen LogP contribution < -0.4 is 0 Å². The number of carbonyl (C=O) groups is 1. The third-order valence-corrected chi connectivity index (χ3v) is 0.658. The summed E-state index contributed by atoms with van der Waals surface area (Å²) in [5.41, 5.74) is 0. The Morgan fingerprint density at radius 2 is 1.73 bits per heavy atom. The maximum atomic E-state index is 11.7. The third-order valence-electron chi connectivity index (χ3n) is 0.503. The van der Waals surface area contributed by atoms with Gasteiger partial charge in [-0.3, -0.25) is 0 Å². The van der Waals surface area contributed by atoms with E-state index in [4.69, 9.17) is 0 Å². The molecule has 11 heavy (non-hydrogen) atoms. The van der Waals surface area contributed by atoms with Crippen LogP contribution in [0.1, 0.15) is 6.92 Å². The van der Waals surface area contributed by atoms with Gasteiger partial charge in [0.05, 0.1) is 0 Å². The van der Waals surface area contributed by atoms with Crippen LogP contribution in [0, 0.1) is 0 Å². The highest BCUT2D eigenvalue weighted by molar-refractivity contribution is 6.31. The Kier molecular flexibility index (Phi) is 2.71. The summed E-state index contributed by atoms with van der Waals surface area (Å²) in [7, 11) is 0. The molecule has 0 N–H and O–H groups in total. The first-order valence-corrected chi connectivity index (χ1v) is 2.69. The average molecular weight is 195 g/mol. The number of ether oxygens (including phenoxy) is 1. The molecule has 66 valence electrons. The standard InChI is InChI=1S/C4H3ClF4O2/c1-3(6,7)11-2(10)4(5,8)9/h1H3. The van der Waals surface area contributed by atoms with Crippen molar-refractivity contribution in [1.29, 1.82) is 0 Å². The molecule has 0 spiro atoms. The van der Waals surface area contributed by atoms with E-state index >= 15 is 0 Å². The van der Waals surface area contributed by atoms with Gasteiger partial charge in [-0.1, -0.05) is 0 Å². The van der Waals surface area contributed by atoms with Gasteiger partial charge in [-0.15, -0.1) is 0 Å². The Hall–Kier alpha value is -0.520. The SMILES string of the molecule is CC(F)(F)OC(=O)C(F)(F)Cl. The minimum Gasteiger partial charge on any atom is -0.395 e. The van der Waals surface area contributed by atoms with Crippen LogP contribution in [0.25, 0.3) is 0 Å². The maximum absolute atomic E-state index is 11.7. The zero-order valence-corrected chi connectivity index (χ0v) is 5.96. The summed E-state index contributed by atoms with van der Waals surface area (Å²) in [5, 5.41) is -4.40. The minimum atomic E-state index is -4.40. The lowest BCUT2D eigenvalue weighted by Gasteiger charge is -2.12. The molecule has 0 aromatic heterocycles. The number of halogens is 5. The molecule has 0 amide bonds. The summed E-state index contributed by atoms with van der Waals surface area (Å²) in [5.74, 6) is -2.47. The van der Waals surface area contributed by atoms with Crippen molar-refractivity contribution < 1.29 is 27.1 Å². The molecule has 2 nitrogen and oxygen atoms in total. The average Bonchev–Trinajstić information content (AvgIpc) is 1.56. The van der Waals surface area contributed by atoms with Crippen LogP contribution in [0.2, 0.25) is 0 Å². The van der Waals surface area contributed by atoms with Crippen LogP contribution in [0.3, 0.4) is 0 Å². The quantitative estimate of drug-likeness (QED) is 0.382. The van der Waals surface area contributed by atoms with Crippen LogP contribution in [0.4, 0.5) is 17.6 Å². The molecule has 0 saturated carbocycles. The van der Waals surface area contributed by atoms with Crippen molar-refractivity contribution in [2.75, 3.05) is 0 Å². The van der Waals surface area contributed by atoms with E-state index in [9.17, 15) is 22.4 Å². The fourth-order valence-corrected chi connectivity index (χ4v) is 0.259. The van der Waals surface area contributed by atoms with E-state index in [1.54, 1.807) is 0 Å². The van der Waals surface area contributed by atoms with Crippen molar-refractivity contribution in [1.82, 2.24) is 0 Å². The molecule has 0 aliphatic heterocycles. The minimum absolute atomic E-state index is 0.146. The molecule has 0 rings (SSSR count). The van der Waals surface area contributed by atoms with Gasteiger partial charge >= 0.3 is 17.5 Å². The number of rotatable bonds is 2. The lowest BCUT2D eigenvalue weighted by atomic mass is 10.6. The summed E-state index contributed by atoms with van der Waals surface area (Å²) in [4.78, 5) is 9.90. The topological polar surface area (TPSA) is 26.3 Å². The largest absolute Gasteiger partial charge is 0.418 e. The third kappa shape index (κ3) is 4.83. The number of hydrogen-bond acceptors (Lipinski definition) is 2. The first-order valence-electron chi connectivity index (χ1n) is 2.31. The normalized spacial score (nSPS) is 12.9. The van der Waals surface area contributed by atoms with E-state index in [0.717, 1.165) is 0 Å². The van der Waals surface area contributed by atoms with Gasteiger partial charge < -0.3 is 4.74 Å². The van der Waals surface area contributed by atoms with Gasteiger partial charge in [-0.2, -0.15) is 17.6 Å². The highest BCUT2D eigenvalue weighted by Crippen LogP contribution is 2.24. The molecule has 7 heteroatoms. The molecule has 0 heterocycles. The van der Waals surface area contributed by atoms with Crippen LogP contribution in [-0.2, 0) is 9.53 Å². The summed E-state index contributed by atoms with van der Waals surface area (Å²) >= 11 is 4.05. The Labute approximate surface area is 64.1 Å². The molecule has 0 bridgehead atoms. The first-order chi connectivity index (χ1) is 4.63. The molecule has 0 aliphatic carbocycles. The van der Waals surface area contributed by atoms with Gasteiger partial charge in [0.1, 0.15) is 0 Å². The molecule has 0 aliphatic rings. The zero-order valence-electron chi connectivity index (χ0n) is 5.21.